The number of carbonyl (C=O) groups is 1. The van der Waals surface area contributed by atoms with E-state index in [-0.39, 0.29) is 12.1 Å². The molecule has 1 atom stereocenters. The maximum atomic E-state index is 11.3. The van der Waals surface area contributed by atoms with Gasteiger partial charge in [0.05, 0.1) is 6.04 Å². The largest absolute Gasteiger partial charge is 0.444 e. The Bertz CT molecular complexity index is 264. The molecule has 1 amide bonds. The number of nitrogens with one attached hydrogen (secondary N) is 2. The third kappa shape index (κ3) is 9.70. The third-order valence-corrected chi connectivity index (χ3v) is 2.02. The van der Waals surface area contributed by atoms with Gasteiger partial charge in [0.15, 0.2) is 0 Å². The van der Waals surface area contributed by atoms with Gasteiger partial charge < -0.3 is 15.4 Å². The summed E-state index contributed by atoms with van der Waals surface area (Å²) in [6.07, 6.45) is 6.68. The Morgan fingerprint density at radius 2 is 2.06 bits per heavy atom. The zero-order chi connectivity index (χ0) is 13.3. The fourth-order valence-corrected chi connectivity index (χ4v) is 1.19. The maximum Gasteiger partial charge on any atom is 0.407 e. The molecule has 0 aromatic rings. The van der Waals surface area contributed by atoms with Gasteiger partial charge in [-0.1, -0.05) is 12.8 Å². The highest BCUT2D eigenvalue weighted by molar-refractivity contribution is 5.67. The average molecular weight is 240 g/mol. The first-order chi connectivity index (χ1) is 7.89. The monoisotopic (exact) mass is 240 g/mol. The van der Waals surface area contributed by atoms with Crippen molar-refractivity contribution >= 4 is 6.09 Å². The lowest BCUT2D eigenvalue weighted by molar-refractivity contribution is 0.0527. The first kappa shape index (κ1) is 15.8. The van der Waals surface area contributed by atoms with Crippen LogP contribution in [0.5, 0.6) is 0 Å². The Kier molecular flexibility index (Phi) is 7.40. The van der Waals surface area contributed by atoms with E-state index in [4.69, 9.17) is 11.2 Å². The van der Waals surface area contributed by atoms with Gasteiger partial charge in [-0.05, 0) is 40.2 Å². The van der Waals surface area contributed by atoms with Crippen molar-refractivity contribution in [3.05, 3.63) is 0 Å². The standard InChI is InChI=1S/C13H24N2O2/c1-6-11(7-2)14-9-8-10-15-12(16)17-13(3,4)5/h1,11,14H,7-10H2,2-5H3,(H,15,16). The van der Waals surface area contributed by atoms with Gasteiger partial charge in [-0.3, -0.25) is 0 Å². The van der Waals surface area contributed by atoms with Crippen molar-refractivity contribution in [1.82, 2.24) is 10.6 Å². The number of rotatable bonds is 6. The Morgan fingerprint density at radius 3 is 2.53 bits per heavy atom. The zero-order valence-electron chi connectivity index (χ0n) is 11.3. The molecule has 98 valence electrons. The Morgan fingerprint density at radius 1 is 1.41 bits per heavy atom. The predicted octanol–water partition coefficient (Wildman–Crippen LogP) is 1.90. The number of alkyl carbamates (subject to hydrolysis) is 1. The van der Waals surface area contributed by atoms with Crippen molar-refractivity contribution in [3.8, 4) is 12.3 Å². The lowest BCUT2D eigenvalue weighted by atomic mass is 10.2. The van der Waals surface area contributed by atoms with Crippen molar-refractivity contribution in [3.63, 3.8) is 0 Å². The molecule has 0 radical (unpaired) electrons. The lowest BCUT2D eigenvalue weighted by Crippen LogP contribution is -2.35. The van der Waals surface area contributed by atoms with Gasteiger partial charge in [-0.2, -0.15) is 0 Å². The smallest absolute Gasteiger partial charge is 0.407 e. The highest BCUT2D eigenvalue weighted by Gasteiger charge is 2.15. The summed E-state index contributed by atoms with van der Waals surface area (Å²) in [5, 5.41) is 5.91. The molecule has 0 spiro atoms. The topological polar surface area (TPSA) is 50.4 Å². The molecule has 0 saturated heterocycles. The summed E-state index contributed by atoms with van der Waals surface area (Å²) in [5.41, 5.74) is -0.445. The van der Waals surface area contributed by atoms with E-state index in [1.807, 2.05) is 27.7 Å². The molecule has 0 aromatic heterocycles. The maximum absolute atomic E-state index is 11.3. The molecule has 4 heteroatoms. The summed E-state index contributed by atoms with van der Waals surface area (Å²) in [4.78, 5) is 11.3. The van der Waals surface area contributed by atoms with Crippen LogP contribution in [0, 0.1) is 12.3 Å². The number of amides is 1. The van der Waals surface area contributed by atoms with E-state index in [0.717, 1.165) is 19.4 Å². The van der Waals surface area contributed by atoms with Crippen LogP contribution in [0.1, 0.15) is 40.5 Å². The molecule has 0 aromatic carbocycles. The van der Waals surface area contributed by atoms with Gasteiger partial charge in [0.2, 0.25) is 0 Å². The normalized spacial score (nSPS) is 12.6. The summed E-state index contributed by atoms with van der Waals surface area (Å²) in [7, 11) is 0. The first-order valence-corrected chi connectivity index (χ1v) is 6.05. The highest BCUT2D eigenvalue weighted by Crippen LogP contribution is 2.06. The molecular formula is C13H24N2O2. The summed E-state index contributed by atoms with van der Waals surface area (Å²) in [6, 6.07) is 0.122. The summed E-state index contributed by atoms with van der Waals surface area (Å²) >= 11 is 0. The van der Waals surface area contributed by atoms with Gasteiger partial charge in [-0.25, -0.2) is 4.79 Å². The molecular weight excluding hydrogens is 216 g/mol. The van der Waals surface area contributed by atoms with Crippen LogP contribution in [0.2, 0.25) is 0 Å². The van der Waals surface area contributed by atoms with Gasteiger partial charge in [0.1, 0.15) is 5.60 Å². The van der Waals surface area contributed by atoms with Crippen LogP contribution >= 0.6 is 0 Å². The van der Waals surface area contributed by atoms with Gasteiger partial charge >= 0.3 is 6.09 Å². The third-order valence-electron chi connectivity index (χ3n) is 2.02. The lowest BCUT2D eigenvalue weighted by Gasteiger charge is -2.19. The van der Waals surface area contributed by atoms with E-state index < -0.39 is 5.60 Å². The van der Waals surface area contributed by atoms with E-state index in [2.05, 4.69) is 16.6 Å². The number of ether oxygens (including phenoxy) is 1. The molecule has 0 fully saturated rings. The number of hydrogen-bond donors (Lipinski definition) is 2. The zero-order valence-corrected chi connectivity index (χ0v) is 11.3. The second kappa shape index (κ2) is 7.97. The van der Waals surface area contributed by atoms with Crippen LogP contribution in [-0.2, 0) is 4.74 Å². The van der Waals surface area contributed by atoms with Crippen molar-refractivity contribution in [1.29, 1.82) is 0 Å². The molecule has 0 aliphatic heterocycles. The fourth-order valence-electron chi connectivity index (χ4n) is 1.19. The Hall–Kier alpha value is -1.21. The van der Waals surface area contributed by atoms with Crippen molar-refractivity contribution in [2.75, 3.05) is 13.1 Å². The summed E-state index contributed by atoms with van der Waals surface area (Å²) < 4.78 is 5.10. The van der Waals surface area contributed by atoms with Gasteiger partial charge in [-0.15, -0.1) is 6.42 Å². The van der Waals surface area contributed by atoms with Crippen molar-refractivity contribution in [2.24, 2.45) is 0 Å². The second-order valence-electron chi connectivity index (χ2n) is 4.86. The van der Waals surface area contributed by atoms with Crippen LogP contribution in [0.25, 0.3) is 0 Å². The molecule has 0 saturated carbocycles. The SMILES string of the molecule is C#CC(CC)NCCCNC(=O)OC(C)(C)C. The summed E-state index contributed by atoms with van der Waals surface area (Å²) in [6.45, 7) is 8.94. The minimum atomic E-state index is -0.445. The number of carbonyl (C=O) groups excluding carboxylic acids is 1. The van der Waals surface area contributed by atoms with E-state index in [1.54, 1.807) is 0 Å². The van der Waals surface area contributed by atoms with E-state index in [9.17, 15) is 4.79 Å². The quantitative estimate of drug-likeness (QED) is 0.551. The van der Waals surface area contributed by atoms with Crippen LogP contribution in [0.3, 0.4) is 0 Å². The Labute approximate surface area is 104 Å². The minimum absolute atomic E-state index is 0.122. The fraction of sp³-hybridized carbons (Fsp3) is 0.769. The molecule has 17 heavy (non-hydrogen) atoms. The average Bonchev–Trinajstić information content (AvgIpc) is 2.21. The van der Waals surface area contributed by atoms with Crippen molar-refractivity contribution in [2.45, 2.75) is 52.2 Å². The molecule has 0 bridgehead atoms. The van der Waals surface area contributed by atoms with E-state index in [0.29, 0.717) is 6.54 Å². The first-order valence-electron chi connectivity index (χ1n) is 6.05. The summed E-state index contributed by atoms with van der Waals surface area (Å²) in [5.74, 6) is 2.66. The van der Waals surface area contributed by atoms with Gasteiger partial charge in [0.25, 0.3) is 0 Å². The number of hydrogen-bond acceptors (Lipinski definition) is 3. The molecule has 4 nitrogen and oxygen atoms in total. The predicted molar refractivity (Wildman–Crippen MR) is 69.8 cm³/mol. The van der Waals surface area contributed by atoms with E-state index >= 15 is 0 Å². The van der Waals surface area contributed by atoms with Crippen LogP contribution < -0.4 is 10.6 Å². The van der Waals surface area contributed by atoms with E-state index in [1.165, 1.54) is 0 Å². The molecule has 0 aliphatic rings. The Balaban J connectivity index is 3.53. The highest BCUT2D eigenvalue weighted by atomic mass is 16.6. The molecule has 0 rings (SSSR count). The van der Waals surface area contributed by atoms with Crippen LogP contribution in [-0.4, -0.2) is 30.8 Å². The molecule has 0 aliphatic carbocycles. The van der Waals surface area contributed by atoms with Gasteiger partial charge in [0, 0.05) is 6.54 Å². The molecule has 2 N–H and O–H groups in total. The molecule has 1 unspecified atom stereocenters. The van der Waals surface area contributed by atoms with Crippen LogP contribution in [0.4, 0.5) is 4.79 Å². The van der Waals surface area contributed by atoms with Crippen LogP contribution in [0.15, 0.2) is 0 Å². The number of terminal acetylenes is 1. The second-order valence-corrected chi connectivity index (χ2v) is 4.86. The van der Waals surface area contributed by atoms with Crippen molar-refractivity contribution < 1.29 is 9.53 Å². The minimum Gasteiger partial charge on any atom is -0.444 e. The molecule has 0 heterocycles.